The molecule has 12 nitrogen and oxygen atoms in total. The van der Waals surface area contributed by atoms with E-state index in [0.29, 0.717) is 77.3 Å². The standard InChI is InChI=1S/C37H40Cl2N8O4/c1-46-29-13-16-47(37(50)27-7-4-14-41-27)20-28(29)44-35(46)36(49)45-26-6-3-5-24(32(26)38)25-12-15-42-34(33(25)39)21-8-9-22(30(17-21)51-2)18-40-19-23-10-11-31(48)43-23/h3,5-6,8-9,12,15,17,23,27,40-41H,4,7,10-11,13-14,16,18-20H2,1-2H3,(H,43,48)(H,45,49)/t23-,27-/m0/s1. The highest BCUT2D eigenvalue weighted by molar-refractivity contribution is 6.39. The van der Waals surface area contributed by atoms with Crippen LogP contribution >= 0.6 is 23.2 Å². The van der Waals surface area contributed by atoms with Crippen LogP contribution in [0.25, 0.3) is 22.4 Å². The van der Waals surface area contributed by atoms with Crippen LogP contribution < -0.4 is 26.0 Å². The molecule has 5 heterocycles. The Morgan fingerprint density at radius 1 is 1.08 bits per heavy atom. The van der Waals surface area contributed by atoms with Gasteiger partial charge in [-0.2, -0.15) is 0 Å². The minimum absolute atomic E-state index is 0.0907. The normalized spacial score (nSPS) is 18.4. The van der Waals surface area contributed by atoms with Crippen molar-refractivity contribution in [3.63, 3.8) is 0 Å². The van der Waals surface area contributed by atoms with Gasteiger partial charge in [-0.3, -0.25) is 19.4 Å². The van der Waals surface area contributed by atoms with Gasteiger partial charge in [0.2, 0.25) is 11.8 Å². The van der Waals surface area contributed by atoms with Crippen LogP contribution in [0.5, 0.6) is 5.75 Å². The molecule has 0 spiro atoms. The van der Waals surface area contributed by atoms with Crippen LogP contribution in [0.4, 0.5) is 5.69 Å². The molecule has 266 valence electrons. The maximum atomic E-state index is 13.6. The Hall–Kier alpha value is -4.49. The first kappa shape index (κ1) is 34.9. The number of nitrogens with zero attached hydrogens (tertiary/aromatic N) is 4. The van der Waals surface area contributed by atoms with Crippen LogP contribution in [0.2, 0.25) is 10.0 Å². The van der Waals surface area contributed by atoms with Crippen molar-refractivity contribution in [3.8, 4) is 28.1 Å². The van der Waals surface area contributed by atoms with E-state index in [0.717, 1.165) is 48.3 Å². The van der Waals surface area contributed by atoms with Crippen molar-refractivity contribution in [1.29, 1.82) is 0 Å². The van der Waals surface area contributed by atoms with Crippen LogP contribution in [0, 0.1) is 0 Å². The third-order valence-electron chi connectivity index (χ3n) is 9.91. The molecule has 2 aromatic heterocycles. The number of hydrogen-bond acceptors (Lipinski definition) is 8. The van der Waals surface area contributed by atoms with Gasteiger partial charge >= 0.3 is 0 Å². The fraction of sp³-hybridized carbons (Fsp3) is 0.378. The first-order valence-corrected chi connectivity index (χ1v) is 18.0. The number of halogens is 2. The molecular formula is C37H40Cl2N8O4. The number of hydrogen-bond donors (Lipinski definition) is 4. The number of rotatable bonds is 10. The highest BCUT2D eigenvalue weighted by atomic mass is 35.5. The molecule has 2 fully saturated rings. The summed E-state index contributed by atoms with van der Waals surface area (Å²) in [4.78, 5) is 49.2. The molecule has 4 N–H and O–H groups in total. The van der Waals surface area contributed by atoms with Crippen molar-refractivity contribution in [2.24, 2.45) is 7.05 Å². The van der Waals surface area contributed by atoms with Gasteiger partial charge in [0.15, 0.2) is 5.82 Å². The Morgan fingerprint density at radius 3 is 2.69 bits per heavy atom. The molecule has 7 rings (SSSR count). The van der Waals surface area contributed by atoms with Crippen molar-refractivity contribution in [1.82, 2.24) is 35.4 Å². The predicted octanol–water partition coefficient (Wildman–Crippen LogP) is 4.72. The van der Waals surface area contributed by atoms with E-state index >= 15 is 0 Å². The molecule has 51 heavy (non-hydrogen) atoms. The highest BCUT2D eigenvalue weighted by Crippen LogP contribution is 2.41. The fourth-order valence-corrected chi connectivity index (χ4v) is 7.75. The number of aromatic nitrogens is 3. The average Bonchev–Trinajstić information content (AvgIpc) is 3.90. The Bertz CT molecular complexity index is 1990. The molecule has 3 aliphatic rings. The molecule has 3 amide bonds. The van der Waals surface area contributed by atoms with Gasteiger partial charge in [0, 0.05) is 79.7 Å². The molecule has 0 radical (unpaired) electrons. The van der Waals surface area contributed by atoms with E-state index in [-0.39, 0.29) is 29.7 Å². The van der Waals surface area contributed by atoms with E-state index in [1.807, 2.05) is 36.2 Å². The molecule has 0 aliphatic carbocycles. The molecule has 0 unspecified atom stereocenters. The number of nitrogens with one attached hydrogen (secondary N) is 4. The third-order valence-corrected chi connectivity index (χ3v) is 10.7. The van der Waals surface area contributed by atoms with Crippen molar-refractivity contribution in [3.05, 3.63) is 81.5 Å². The summed E-state index contributed by atoms with van der Waals surface area (Å²) in [7, 11) is 3.44. The van der Waals surface area contributed by atoms with Gasteiger partial charge in [-0.1, -0.05) is 47.5 Å². The largest absolute Gasteiger partial charge is 0.496 e. The van der Waals surface area contributed by atoms with E-state index in [4.69, 9.17) is 27.9 Å². The maximum absolute atomic E-state index is 13.6. The second-order valence-electron chi connectivity index (χ2n) is 13.1. The van der Waals surface area contributed by atoms with E-state index in [1.54, 1.807) is 36.1 Å². The average molecular weight is 732 g/mol. The van der Waals surface area contributed by atoms with Crippen LogP contribution in [0.15, 0.2) is 48.7 Å². The van der Waals surface area contributed by atoms with Gasteiger partial charge in [-0.25, -0.2) is 4.98 Å². The lowest BCUT2D eigenvalue weighted by Crippen LogP contribution is -2.45. The molecule has 4 aromatic rings. The van der Waals surface area contributed by atoms with Gasteiger partial charge in [-0.15, -0.1) is 0 Å². The number of amides is 3. The predicted molar refractivity (Wildman–Crippen MR) is 196 cm³/mol. The maximum Gasteiger partial charge on any atom is 0.291 e. The summed E-state index contributed by atoms with van der Waals surface area (Å²) >= 11 is 14.0. The fourth-order valence-electron chi connectivity index (χ4n) is 7.15. The number of fused-ring (bicyclic) bond motifs is 1. The molecular weight excluding hydrogens is 691 g/mol. The van der Waals surface area contributed by atoms with E-state index in [1.165, 1.54) is 0 Å². The van der Waals surface area contributed by atoms with Gasteiger partial charge in [0.05, 0.1) is 46.8 Å². The number of carbonyl (C=O) groups excluding carboxylic acids is 3. The Kier molecular flexibility index (Phi) is 10.3. The minimum atomic E-state index is -0.405. The molecule has 14 heteroatoms. The van der Waals surface area contributed by atoms with Gasteiger partial charge < -0.3 is 35.5 Å². The molecule has 3 aliphatic heterocycles. The number of pyridine rings is 1. The second kappa shape index (κ2) is 15.0. The number of carbonyl (C=O) groups is 3. The SMILES string of the molecule is COc1cc(-c2nccc(-c3cccc(NC(=O)c4nc5c(n4C)CCN(C(=O)[C@@H]4CCCN4)C5)c3Cl)c2Cl)ccc1CNC[C@@H]1CCC(=O)N1. The van der Waals surface area contributed by atoms with Crippen LogP contribution in [-0.2, 0) is 36.1 Å². The first-order valence-electron chi connectivity index (χ1n) is 17.2. The lowest BCUT2D eigenvalue weighted by atomic mass is 10.0. The van der Waals surface area contributed by atoms with Crippen molar-refractivity contribution < 1.29 is 19.1 Å². The topological polar surface area (TPSA) is 143 Å². The quantitative estimate of drug-likeness (QED) is 0.184. The molecule has 2 saturated heterocycles. The van der Waals surface area contributed by atoms with E-state index < -0.39 is 5.91 Å². The zero-order valence-electron chi connectivity index (χ0n) is 28.5. The zero-order chi connectivity index (χ0) is 35.6. The molecule has 2 atom stereocenters. The zero-order valence-corrected chi connectivity index (χ0v) is 30.0. The van der Waals surface area contributed by atoms with Gasteiger partial charge in [0.1, 0.15) is 5.75 Å². The minimum Gasteiger partial charge on any atom is -0.496 e. The Labute approximate surface area is 306 Å². The number of imidazole rings is 1. The van der Waals surface area contributed by atoms with E-state index in [2.05, 4.69) is 31.2 Å². The first-order chi connectivity index (χ1) is 24.7. The lowest BCUT2D eigenvalue weighted by molar-refractivity contribution is -0.134. The van der Waals surface area contributed by atoms with Gasteiger partial charge in [-0.05, 0) is 44.0 Å². The number of ether oxygens (including phenoxy) is 1. The summed E-state index contributed by atoms with van der Waals surface area (Å²) in [6.45, 7) is 3.06. The summed E-state index contributed by atoms with van der Waals surface area (Å²) in [5.41, 5.74) is 5.66. The van der Waals surface area contributed by atoms with Crippen LogP contribution in [-0.4, -0.2) is 76.0 Å². The second-order valence-corrected chi connectivity index (χ2v) is 13.9. The summed E-state index contributed by atoms with van der Waals surface area (Å²) in [5, 5.41) is 13.3. The summed E-state index contributed by atoms with van der Waals surface area (Å²) < 4.78 is 7.51. The Morgan fingerprint density at radius 2 is 1.92 bits per heavy atom. The Balaban J connectivity index is 1.07. The molecule has 2 aromatic carbocycles. The smallest absolute Gasteiger partial charge is 0.291 e. The van der Waals surface area contributed by atoms with Gasteiger partial charge in [0.25, 0.3) is 5.91 Å². The summed E-state index contributed by atoms with van der Waals surface area (Å²) in [6.07, 6.45) is 5.52. The number of benzene rings is 2. The molecule has 0 saturated carbocycles. The highest BCUT2D eigenvalue weighted by Gasteiger charge is 2.32. The van der Waals surface area contributed by atoms with Crippen molar-refractivity contribution in [2.75, 3.05) is 32.1 Å². The monoisotopic (exact) mass is 730 g/mol. The third kappa shape index (κ3) is 7.18. The van der Waals surface area contributed by atoms with E-state index in [9.17, 15) is 14.4 Å². The number of methoxy groups -OCH3 is 1. The van der Waals surface area contributed by atoms with Crippen LogP contribution in [0.3, 0.4) is 0 Å². The number of anilines is 1. The van der Waals surface area contributed by atoms with Crippen LogP contribution in [0.1, 0.15) is 53.3 Å². The summed E-state index contributed by atoms with van der Waals surface area (Å²) in [6, 6.07) is 13.0. The molecule has 0 bridgehead atoms. The summed E-state index contributed by atoms with van der Waals surface area (Å²) in [5.74, 6) is 0.709. The van der Waals surface area contributed by atoms with Crippen molar-refractivity contribution >= 4 is 46.6 Å². The van der Waals surface area contributed by atoms with Crippen molar-refractivity contribution in [2.45, 2.75) is 57.3 Å². The lowest BCUT2D eigenvalue weighted by Gasteiger charge is -2.29.